The number of halogens is 1. The van der Waals surface area contributed by atoms with E-state index in [0.29, 0.717) is 29.1 Å². The van der Waals surface area contributed by atoms with E-state index < -0.39 is 11.9 Å². The molecule has 0 aliphatic carbocycles. The minimum absolute atomic E-state index is 0.161. The van der Waals surface area contributed by atoms with Crippen LogP contribution in [0.1, 0.15) is 38.0 Å². The molecule has 0 fully saturated rings. The van der Waals surface area contributed by atoms with Gasteiger partial charge in [0.25, 0.3) is 0 Å². The number of methoxy groups -OCH3 is 1. The highest BCUT2D eigenvalue weighted by atomic mass is 35.5. The minimum atomic E-state index is -0.489. The number of hydrogen-bond donors (Lipinski definition) is 2. The molecule has 2 N–H and O–H groups in total. The van der Waals surface area contributed by atoms with Crippen LogP contribution in [0.15, 0.2) is 47.0 Å². The number of amides is 1. The molecular formula is C20H18ClN3O5. The van der Waals surface area contributed by atoms with Crippen LogP contribution < -0.4 is 5.32 Å². The molecule has 9 heteroatoms. The van der Waals surface area contributed by atoms with Gasteiger partial charge in [-0.05, 0) is 47.9 Å². The summed E-state index contributed by atoms with van der Waals surface area (Å²) in [5, 5.41) is 16.2. The molecule has 0 aliphatic heterocycles. The quantitative estimate of drug-likeness (QED) is 0.570. The largest absolute Gasteiger partial charge is 0.508 e. The minimum Gasteiger partial charge on any atom is -0.508 e. The van der Waals surface area contributed by atoms with Crippen LogP contribution in [-0.2, 0) is 17.6 Å². The number of aromatic hydroxyl groups is 1. The molecule has 3 rings (SSSR count). The molecule has 1 amide bonds. The number of phenols is 1. The van der Waals surface area contributed by atoms with Crippen molar-refractivity contribution >= 4 is 23.5 Å². The van der Waals surface area contributed by atoms with Crippen molar-refractivity contribution in [2.45, 2.75) is 12.8 Å². The van der Waals surface area contributed by atoms with E-state index in [-0.39, 0.29) is 23.9 Å². The molecule has 8 nitrogen and oxygen atoms in total. The molecule has 1 heterocycles. The first kappa shape index (κ1) is 20.3. The van der Waals surface area contributed by atoms with Crippen molar-refractivity contribution in [1.82, 2.24) is 15.5 Å². The van der Waals surface area contributed by atoms with Gasteiger partial charge >= 0.3 is 17.8 Å². The van der Waals surface area contributed by atoms with Gasteiger partial charge in [-0.15, -0.1) is 0 Å². The van der Waals surface area contributed by atoms with Crippen molar-refractivity contribution in [2.24, 2.45) is 0 Å². The van der Waals surface area contributed by atoms with Gasteiger partial charge in [-0.25, -0.2) is 4.79 Å². The molecule has 1 aromatic heterocycles. The van der Waals surface area contributed by atoms with Crippen LogP contribution in [0.4, 0.5) is 0 Å². The van der Waals surface area contributed by atoms with Crippen molar-refractivity contribution in [1.29, 1.82) is 0 Å². The number of ether oxygens (including phenoxy) is 1. The molecule has 2 aromatic carbocycles. The van der Waals surface area contributed by atoms with Gasteiger partial charge < -0.3 is 19.7 Å². The normalized spacial score (nSPS) is 10.6. The zero-order valence-corrected chi connectivity index (χ0v) is 16.3. The third-order valence-corrected chi connectivity index (χ3v) is 4.48. The predicted octanol–water partition coefficient (Wildman–Crippen LogP) is 2.78. The Hall–Kier alpha value is -3.39. The summed E-state index contributed by atoms with van der Waals surface area (Å²) in [5.74, 6) is -0.682. The first-order valence-corrected chi connectivity index (χ1v) is 9.09. The van der Waals surface area contributed by atoms with E-state index in [1.54, 1.807) is 42.5 Å². The number of nitrogens with one attached hydrogen (secondary N) is 1. The fraction of sp³-hybridized carbons (Fsp3) is 0.200. The first-order valence-electron chi connectivity index (χ1n) is 8.71. The number of benzene rings is 2. The molecule has 0 radical (unpaired) electrons. The molecule has 0 aliphatic rings. The SMILES string of the molecule is COC(=O)c1ccc(Cl)c(Cc2noc(C(=O)NCCc3ccc(O)cc3)n2)c1. The zero-order valence-electron chi connectivity index (χ0n) is 15.5. The number of aromatic nitrogens is 2. The van der Waals surface area contributed by atoms with E-state index in [0.717, 1.165) is 5.56 Å². The van der Waals surface area contributed by atoms with Crippen molar-refractivity contribution < 1.29 is 24.0 Å². The Balaban J connectivity index is 1.59. The lowest BCUT2D eigenvalue weighted by Crippen LogP contribution is -2.26. The molecule has 150 valence electrons. The smallest absolute Gasteiger partial charge is 0.337 e. The fourth-order valence-corrected chi connectivity index (χ4v) is 2.79. The van der Waals surface area contributed by atoms with Gasteiger partial charge in [-0.1, -0.05) is 28.9 Å². The maximum Gasteiger partial charge on any atom is 0.337 e. The Kier molecular flexibility index (Phi) is 6.46. The molecule has 0 saturated carbocycles. The molecule has 29 heavy (non-hydrogen) atoms. The topological polar surface area (TPSA) is 115 Å². The van der Waals surface area contributed by atoms with Crippen LogP contribution in [0, 0.1) is 0 Å². The highest BCUT2D eigenvalue weighted by Crippen LogP contribution is 2.20. The number of nitrogens with zero attached hydrogens (tertiary/aromatic N) is 2. The molecule has 0 spiro atoms. The summed E-state index contributed by atoms with van der Waals surface area (Å²) < 4.78 is 9.71. The molecule has 0 atom stereocenters. The summed E-state index contributed by atoms with van der Waals surface area (Å²) >= 11 is 6.17. The highest BCUT2D eigenvalue weighted by Gasteiger charge is 2.17. The second-order valence-corrected chi connectivity index (χ2v) is 6.57. The van der Waals surface area contributed by atoms with Crippen LogP contribution in [0.25, 0.3) is 0 Å². The second kappa shape index (κ2) is 9.20. The van der Waals surface area contributed by atoms with E-state index >= 15 is 0 Å². The molecule has 0 unspecified atom stereocenters. The molecule has 3 aromatic rings. The molecular weight excluding hydrogens is 398 g/mol. The summed E-state index contributed by atoms with van der Waals surface area (Å²) in [6.07, 6.45) is 0.775. The van der Waals surface area contributed by atoms with Gasteiger partial charge in [0.05, 0.1) is 12.7 Å². The maximum absolute atomic E-state index is 12.2. The van der Waals surface area contributed by atoms with Gasteiger partial charge in [0.15, 0.2) is 5.82 Å². The summed E-state index contributed by atoms with van der Waals surface area (Å²) in [6, 6.07) is 11.4. The fourth-order valence-electron chi connectivity index (χ4n) is 2.60. The Labute approximate surface area is 171 Å². The summed E-state index contributed by atoms with van der Waals surface area (Å²) in [5.41, 5.74) is 1.92. The summed E-state index contributed by atoms with van der Waals surface area (Å²) in [4.78, 5) is 27.9. The third kappa shape index (κ3) is 5.32. The Morgan fingerprint density at radius 1 is 1.21 bits per heavy atom. The number of rotatable bonds is 7. The summed E-state index contributed by atoms with van der Waals surface area (Å²) in [7, 11) is 1.29. The lowest BCUT2D eigenvalue weighted by atomic mass is 10.1. The first-order chi connectivity index (χ1) is 14.0. The van der Waals surface area contributed by atoms with Crippen molar-refractivity contribution in [3.8, 4) is 5.75 Å². The third-order valence-electron chi connectivity index (χ3n) is 4.11. The number of esters is 1. The van der Waals surface area contributed by atoms with Crippen LogP contribution in [0.5, 0.6) is 5.75 Å². The van der Waals surface area contributed by atoms with E-state index in [1.807, 2.05) is 0 Å². The average molecular weight is 416 g/mol. The average Bonchev–Trinajstić information content (AvgIpc) is 3.19. The Morgan fingerprint density at radius 2 is 1.97 bits per heavy atom. The van der Waals surface area contributed by atoms with Crippen LogP contribution in [0.2, 0.25) is 5.02 Å². The standard InChI is InChI=1S/C20H18ClN3O5/c1-28-20(27)13-4-7-16(21)14(10-13)11-17-23-19(29-24-17)18(26)22-9-8-12-2-5-15(25)6-3-12/h2-7,10,25H,8-9,11H2,1H3,(H,22,26). The lowest BCUT2D eigenvalue weighted by molar-refractivity contribution is 0.0600. The second-order valence-electron chi connectivity index (χ2n) is 6.16. The van der Waals surface area contributed by atoms with E-state index in [4.69, 9.17) is 20.9 Å². The van der Waals surface area contributed by atoms with Gasteiger partial charge in [0.1, 0.15) is 5.75 Å². The van der Waals surface area contributed by atoms with Crippen molar-refractivity contribution in [3.05, 3.63) is 75.9 Å². The lowest BCUT2D eigenvalue weighted by Gasteiger charge is -2.04. The van der Waals surface area contributed by atoms with Crippen molar-refractivity contribution in [3.63, 3.8) is 0 Å². The maximum atomic E-state index is 12.2. The number of phenolic OH excluding ortho intramolecular Hbond substituents is 1. The van der Waals surface area contributed by atoms with Crippen molar-refractivity contribution in [2.75, 3.05) is 13.7 Å². The van der Waals surface area contributed by atoms with Gasteiger partial charge in [0.2, 0.25) is 0 Å². The van der Waals surface area contributed by atoms with E-state index in [9.17, 15) is 14.7 Å². The van der Waals surface area contributed by atoms with E-state index in [1.165, 1.54) is 7.11 Å². The summed E-state index contributed by atoms with van der Waals surface area (Å²) in [6.45, 7) is 0.369. The highest BCUT2D eigenvalue weighted by molar-refractivity contribution is 6.31. The monoisotopic (exact) mass is 415 g/mol. The van der Waals surface area contributed by atoms with Crippen LogP contribution >= 0.6 is 11.6 Å². The van der Waals surface area contributed by atoms with Crippen LogP contribution in [-0.4, -0.2) is 40.8 Å². The molecule has 0 bridgehead atoms. The predicted molar refractivity (Wildman–Crippen MR) is 104 cm³/mol. The number of carbonyl (C=O) groups is 2. The van der Waals surface area contributed by atoms with E-state index in [2.05, 4.69) is 15.5 Å². The van der Waals surface area contributed by atoms with Gasteiger partial charge in [-0.2, -0.15) is 4.98 Å². The number of carbonyl (C=O) groups excluding carboxylic acids is 2. The van der Waals surface area contributed by atoms with Gasteiger partial charge in [-0.3, -0.25) is 4.79 Å². The van der Waals surface area contributed by atoms with Gasteiger partial charge in [0, 0.05) is 18.0 Å². The molecule has 0 saturated heterocycles. The Morgan fingerprint density at radius 3 is 2.69 bits per heavy atom. The number of hydrogen-bond acceptors (Lipinski definition) is 7. The van der Waals surface area contributed by atoms with Crippen LogP contribution in [0.3, 0.4) is 0 Å². The Bertz CT molecular complexity index is 1020. The zero-order chi connectivity index (χ0) is 20.8.